The van der Waals surface area contributed by atoms with E-state index in [2.05, 4.69) is 18.2 Å². The van der Waals surface area contributed by atoms with Gasteiger partial charge in [0.1, 0.15) is 0 Å². The van der Waals surface area contributed by atoms with Crippen LogP contribution in [0.2, 0.25) is 0 Å². The van der Waals surface area contributed by atoms with Crippen molar-refractivity contribution in [2.24, 2.45) is 11.7 Å². The van der Waals surface area contributed by atoms with Gasteiger partial charge in [0.25, 0.3) is 0 Å². The van der Waals surface area contributed by atoms with Crippen molar-refractivity contribution in [3.63, 3.8) is 0 Å². The van der Waals surface area contributed by atoms with E-state index in [0.717, 1.165) is 6.42 Å². The van der Waals surface area contributed by atoms with Crippen molar-refractivity contribution in [1.29, 1.82) is 0 Å². The number of aryl methyl sites for hydroxylation is 2. The van der Waals surface area contributed by atoms with Gasteiger partial charge in [0.05, 0.1) is 6.10 Å². The van der Waals surface area contributed by atoms with E-state index in [1.807, 2.05) is 0 Å². The van der Waals surface area contributed by atoms with Crippen molar-refractivity contribution in [3.8, 4) is 0 Å². The zero-order chi connectivity index (χ0) is 12.5. The Morgan fingerprint density at radius 2 is 2.06 bits per heavy atom. The van der Waals surface area contributed by atoms with Crippen molar-refractivity contribution in [3.05, 3.63) is 34.9 Å². The molecule has 1 saturated carbocycles. The Labute approximate surface area is 110 Å². The van der Waals surface area contributed by atoms with Crippen LogP contribution in [0.4, 0.5) is 0 Å². The Morgan fingerprint density at radius 1 is 1.28 bits per heavy atom. The molecule has 0 aromatic heterocycles. The largest absolute Gasteiger partial charge is 0.380 e. The van der Waals surface area contributed by atoms with Crippen LogP contribution in [0.25, 0.3) is 0 Å². The van der Waals surface area contributed by atoms with E-state index >= 15 is 0 Å². The number of nitrogens with two attached hydrogens (primary N) is 1. The molecule has 98 valence electrons. The maximum atomic E-state index is 6.32. The van der Waals surface area contributed by atoms with Gasteiger partial charge in [-0.25, -0.2) is 0 Å². The molecule has 0 bridgehead atoms. The first-order chi connectivity index (χ1) is 8.78. The van der Waals surface area contributed by atoms with Gasteiger partial charge < -0.3 is 10.5 Å². The van der Waals surface area contributed by atoms with E-state index in [1.54, 1.807) is 12.7 Å². The van der Waals surface area contributed by atoms with Crippen LogP contribution in [0, 0.1) is 5.92 Å². The number of ether oxygens (including phenoxy) is 1. The molecule has 1 aromatic rings. The van der Waals surface area contributed by atoms with E-state index in [-0.39, 0.29) is 12.1 Å². The van der Waals surface area contributed by atoms with E-state index in [0.29, 0.717) is 5.92 Å². The summed E-state index contributed by atoms with van der Waals surface area (Å²) in [6, 6.07) is 7.05. The zero-order valence-corrected chi connectivity index (χ0v) is 11.2. The summed E-state index contributed by atoms with van der Waals surface area (Å²) in [5.74, 6) is 0.708. The second kappa shape index (κ2) is 5.02. The SMILES string of the molecule is COC(C(N)Cc1ccc2c(c1)CCC2)C1CC1. The molecule has 1 aromatic carbocycles. The molecule has 2 unspecified atom stereocenters. The summed E-state index contributed by atoms with van der Waals surface area (Å²) < 4.78 is 5.58. The maximum absolute atomic E-state index is 6.32. The molecule has 2 atom stereocenters. The monoisotopic (exact) mass is 245 g/mol. The summed E-state index contributed by atoms with van der Waals surface area (Å²) >= 11 is 0. The highest BCUT2D eigenvalue weighted by Gasteiger charge is 2.35. The minimum atomic E-state index is 0.141. The van der Waals surface area contributed by atoms with Crippen LogP contribution in [-0.4, -0.2) is 19.3 Å². The zero-order valence-electron chi connectivity index (χ0n) is 11.2. The first-order valence-electron chi connectivity index (χ1n) is 7.17. The summed E-state index contributed by atoms with van der Waals surface area (Å²) in [6.07, 6.45) is 7.58. The van der Waals surface area contributed by atoms with Crippen LogP contribution >= 0.6 is 0 Å². The molecule has 2 N–H and O–H groups in total. The van der Waals surface area contributed by atoms with Crippen LogP contribution in [0.5, 0.6) is 0 Å². The molecule has 0 heterocycles. The lowest BCUT2D eigenvalue weighted by Crippen LogP contribution is -2.39. The predicted molar refractivity (Wildman–Crippen MR) is 73.7 cm³/mol. The molecule has 0 radical (unpaired) electrons. The van der Waals surface area contributed by atoms with Crippen LogP contribution in [0.3, 0.4) is 0 Å². The number of rotatable bonds is 5. The van der Waals surface area contributed by atoms with Crippen LogP contribution in [0.15, 0.2) is 18.2 Å². The van der Waals surface area contributed by atoms with Gasteiger partial charge in [-0.05, 0) is 61.1 Å². The third-order valence-corrected chi connectivity index (χ3v) is 4.42. The second-order valence-electron chi connectivity index (χ2n) is 5.86. The highest BCUT2D eigenvalue weighted by Crippen LogP contribution is 2.35. The summed E-state index contributed by atoms with van der Waals surface area (Å²) in [5, 5.41) is 0. The standard InChI is InChI=1S/C16H23NO/c1-18-16(13-7-8-13)15(17)10-11-5-6-12-3-2-4-14(12)9-11/h5-6,9,13,15-16H,2-4,7-8,10,17H2,1H3. The van der Waals surface area contributed by atoms with Crippen molar-refractivity contribution in [2.45, 2.75) is 50.7 Å². The maximum Gasteiger partial charge on any atom is 0.0753 e. The first-order valence-corrected chi connectivity index (χ1v) is 7.17. The van der Waals surface area contributed by atoms with Crippen LogP contribution < -0.4 is 5.73 Å². The Morgan fingerprint density at radius 3 is 2.78 bits per heavy atom. The van der Waals surface area contributed by atoms with Gasteiger partial charge in [-0.15, -0.1) is 0 Å². The van der Waals surface area contributed by atoms with Gasteiger partial charge in [-0.3, -0.25) is 0 Å². The van der Waals surface area contributed by atoms with E-state index in [9.17, 15) is 0 Å². The molecule has 3 rings (SSSR count). The van der Waals surface area contributed by atoms with Crippen LogP contribution in [-0.2, 0) is 24.0 Å². The highest BCUT2D eigenvalue weighted by molar-refractivity contribution is 5.35. The third-order valence-electron chi connectivity index (χ3n) is 4.42. The van der Waals surface area contributed by atoms with E-state index in [4.69, 9.17) is 10.5 Å². The predicted octanol–water partition coefficient (Wildman–Crippen LogP) is 2.47. The average Bonchev–Trinajstić information content (AvgIpc) is 3.08. The van der Waals surface area contributed by atoms with Crippen molar-refractivity contribution >= 4 is 0 Å². The molecule has 2 heteroatoms. The number of benzene rings is 1. The second-order valence-corrected chi connectivity index (χ2v) is 5.86. The smallest absolute Gasteiger partial charge is 0.0753 e. The molecular weight excluding hydrogens is 222 g/mol. The summed E-state index contributed by atoms with van der Waals surface area (Å²) in [4.78, 5) is 0. The molecule has 2 aliphatic rings. The molecular formula is C16H23NO. The molecule has 0 amide bonds. The lowest BCUT2D eigenvalue weighted by molar-refractivity contribution is 0.0627. The number of fused-ring (bicyclic) bond motifs is 1. The number of methoxy groups -OCH3 is 1. The summed E-state index contributed by atoms with van der Waals surface area (Å²) in [5.41, 5.74) is 10.8. The van der Waals surface area contributed by atoms with Crippen molar-refractivity contribution < 1.29 is 4.74 Å². The minimum Gasteiger partial charge on any atom is -0.380 e. The fourth-order valence-electron chi connectivity index (χ4n) is 3.28. The fourth-order valence-corrected chi connectivity index (χ4v) is 3.28. The molecule has 18 heavy (non-hydrogen) atoms. The van der Waals surface area contributed by atoms with Gasteiger partial charge in [0.15, 0.2) is 0 Å². The number of hydrogen-bond donors (Lipinski definition) is 1. The molecule has 0 aliphatic heterocycles. The van der Waals surface area contributed by atoms with Gasteiger partial charge in [0.2, 0.25) is 0 Å². The Balaban J connectivity index is 1.68. The topological polar surface area (TPSA) is 35.2 Å². The normalized spacial score (nSPS) is 21.7. The molecule has 1 fully saturated rings. The van der Waals surface area contributed by atoms with Gasteiger partial charge in [0, 0.05) is 13.2 Å². The Kier molecular flexibility index (Phi) is 3.40. The molecule has 2 aliphatic carbocycles. The molecule has 0 spiro atoms. The summed E-state index contributed by atoms with van der Waals surface area (Å²) in [7, 11) is 1.80. The van der Waals surface area contributed by atoms with Crippen molar-refractivity contribution in [2.75, 3.05) is 7.11 Å². The molecule has 2 nitrogen and oxygen atoms in total. The summed E-state index contributed by atoms with van der Waals surface area (Å²) in [6.45, 7) is 0. The van der Waals surface area contributed by atoms with Crippen molar-refractivity contribution in [1.82, 2.24) is 0 Å². The lowest BCUT2D eigenvalue weighted by Gasteiger charge is -2.22. The number of hydrogen-bond acceptors (Lipinski definition) is 2. The third kappa shape index (κ3) is 2.45. The van der Waals surface area contributed by atoms with E-state index < -0.39 is 0 Å². The average molecular weight is 245 g/mol. The Hall–Kier alpha value is -0.860. The Bertz CT molecular complexity index is 425. The van der Waals surface area contributed by atoms with Gasteiger partial charge in [-0.2, -0.15) is 0 Å². The highest BCUT2D eigenvalue weighted by atomic mass is 16.5. The van der Waals surface area contributed by atoms with Gasteiger partial charge >= 0.3 is 0 Å². The fraction of sp³-hybridized carbons (Fsp3) is 0.625. The van der Waals surface area contributed by atoms with E-state index in [1.165, 1.54) is 43.2 Å². The van der Waals surface area contributed by atoms with Gasteiger partial charge in [-0.1, -0.05) is 18.2 Å². The minimum absolute atomic E-state index is 0.141. The molecule has 0 saturated heterocycles. The lowest BCUT2D eigenvalue weighted by atomic mass is 9.97. The first kappa shape index (κ1) is 12.2. The van der Waals surface area contributed by atoms with Crippen LogP contribution in [0.1, 0.15) is 36.0 Å². The quantitative estimate of drug-likeness (QED) is 0.865.